The summed E-state index contributed by atoms with van der Waals surface area (Å²) in [7, 11) is 0. The number of anilines is 1. The number of hydrogen-bond acceptors (Lipinski definition) is 6. The van der Waals surface area contributed by atoms with E-state index in [9.17, 15) is 14.4 Å². The maximum absolute atomic E-state index is 12.9. The molecule has 1 aliphatic heterocycles. The number of hydrogen-bond donors (Lipinski definition) is 1. The Morgan fingerprint density at radius 2 is 2.00 bits per heavy atom. The maximum atomic E-state index is 12.9. The summed E-state index contributed by atoms with van der Waals surface area (Å²) in [6, 6.07) is 14.4. The molecule has 1 saturated heterocycles. The molecule has 0 aliphatic carbocycles. The Hall–Kier alpha value is -3.39. The van der Waals surface area contributed by atoms with Gasteiger partial charge in [0.25, 0.3) is 5.91 Å². The normalized spacial score (nSPS) is 18.2. The standard InChI is InChI=1S/C23H22N2O5S/c1-15-6-8-16(9-7-15)25-21(27)12-18(22(25)19-5-3-11-31-19)23(28)30-14-20(26)24-13-17-4-2-10-29-17/h2-11,18,22H,12-14H2,1H3,(H,24,26)/t18-,22+/m0/s1. The first-order valence-corrected chi connectivity index (χ1v) is 10.8. The van der Waals surface area contributed by atoms with E-state index in [0.29, 0.717) is 5.76 Å². The van der Waals surface area contributed by atoms with E-state index in [1.54, 1.807) is 17.0 Å². The van der Waals surface area contributed by atoms with Gasteiger partial charge in [-0.25, -0.2) is 0 Å². The molecule has 1 N–H and O–H groups in total. The van der Waals surface area contributed by atoms with Crippen LogP contribution in [0.4, 0.5) is 5.69 Å². The van der Waals surface area contributed by atoms with Gasteiger partial charge in [0.05, 0.1) is 24.8 Å². The smallest absolute Gasteiger partial charge is 0.312 e. The number of amides is 2. The number of thiophene rings is 1. The molecule has 2 amide bonds. The average Bonchev–Trinajstić information content (AvgIpc) is 3.52. The quantitative estimate of drug-likeness (QED) is 0.570. The summed E-state index contributed by atoms with van der Waals surface area (Å²) in [5.41, 5.74) is 1.82. The molecule has 1 aromatic carbocycles. The van der Waals surface area contributed by atoms with Crippen molar-refractivity contribution in [3.63, 3.8) is 0 Å². The second-order valence-corrected chi connectivity index (χ2v) is 8.31. The fourth-order valence-electron chi connectivity index (χ4n) is 3.63. The van der Waals surface area contributed by atoms with Crippen LogP contribution in [0.1, 0.15) is 28.7 Å². The number of ether oxygens (including phenoxy) is 1. The van der Waals surface area contributed by atoms with Gasteiger partial charge in [-0.3, -0.25) is 14.4 Å². The summed E-state index contributed by atoms with van der Waals surface area (Å²) in [4.78, 5) is 40.4. The highest BCUT2D eigenvalue weighted by molar-refractivity contribution is 7.10. The van der Waals surface area contributed by atoms with Gasteiger partial charge >= 0.3 is 5.97 Å². The van der Waals surface area contributed by atoms with Crippen LogP contribution in [-0.4, -0.2) is 24.4 Å². The van der Waals surface area contributed by atoms with E-state index in [1.807, 2.05) is 48.7 Å². The van der Waals surface area contributed by atoms with Crippen LogP contribution in [0.3, 0.4) is 0 Å². The number of furan rings is 1. The highest BCUT2D eigenvalue weighted by atomic mass is 32.1. The van der Waals surface area contributed by atoms with Crippen LogP contribution in [0.5, 0.6) is 0 Å². The number of nitrogens with one attached hydrogen (secondary N) is 1. The van der Waals surface area contributed by atoms with Crippen LogP contribution in [-0.2, 0) is 25.7 Å². The van der Waals surface area contributed by atoms with Gasteiger partial charge in [0.1, 0.15) is 5.76 Å². The van der Waals surface area contributed by atoms with E-state index in [2.05, 4.69) is 5.32 Å². The van der Waals surface area contributed by atoms with Crippen molar-refractivity contribution in [2.75, 3.05) is 11.5 Å². The van der Waals surface area contributed by atoms with E-state index >= 15 is 0 Å². The fourth-order valence-corrected chi connectivity index (χ4v) is 4.51. The summed E-state index contributed by atoms with van der Waals surface area (Å²) in [5.74, 6) is -1.23. The van der Waals surface area contributed by atoms with Crippen LogP contribution in [0, 0.1) is 12.8 Å². The van der Waals surface area contributed by atoms with Crippen LogP contribution in [0.25, 0.3) is 0 Å². The molecule has 0 saturated carbocycles. The summed E-state index contributed by atoms with van der Waals surface area (Å²) in [6.07, 6.45) is 1.55. The molecule has 4 rings (SSSR count). The number of aryl methyl sites for hydroxylation is 1. The third kappa shape index (κ3) is 4.69. The molecule has 1 aliphatic rings. The summed E-state index contributed by atoms with van der Waals surface area (Å²) < 4.78 is 10.4. The lowest BCUT2D eigenvalue weighted by atomic mass is 9.99. The molecule has 3 aromatic rings. The number of rotatable bonds is 7. The topological polar surface area (TPSA) is 88.8 Å². The third-order valence-electron chi connectivity index (χ3n) is 5.16. The minimum Gasteiger partial charge on any atom is -0.467 e. The lowest BCUT2D eigenvalue weighted by Gasteiger charge is -2.27. The van der Waals surface area contributed by atoms with Crippen LogP contribution in [0.2, 0.25) is 0 Å². The van der Waals surface area contributed by atoms with Gasteiger partial charge < -0.3 is 19.4 Å². The zero-order valence-electron chi connectivity index (χ0n) is 16.9. The predicted molar refractivity (Wildman–Crippen MR) is 115 cm³/mol. The number of carbonyl (C=O) groups is 3. The monoisotopic (exact) mass is 438 g/mol. The van der Waals surface area contributed by atoms with E-state index in [1.165, 1.54) is 17.6 Å². The lowest BCUT2D eigenvalue weighted by Crippen LogP contribution is -2.33. The van der Waals surface area contributed by atoms with Gasteiger partial charge in [0.2, 0.25) is 5.91 Å². The van der Waals surface area contributed by atoms with Crippen LogP contribution < -0.4 is 10.2 Å². The fraction of sp³-hybridized carbons (Fsp3) is 0.261. The number of benzene rings is 1. The van der Waals surface area contributed by atoms with E-state index < -0.39 is 30.4 Å². The van der Waals surface area contributed by atoms with Crippen molar-refractivity contribution < 1.29 is 23.5 Å². The first-order valence-electron chi connectivity index (χ1n) is 9.91. The van der Waals surface area contributed by atoms with Crippen molar-refractivity contribution in [3.05, 3.63) is 76.4 Å². The van der Waals surface area contributed by atoms with E-state index in [-0.39, 0.29) is 18.9 Å². The Labute approximate surface area is 183 Å². The molecule has 0 spiro atoms. The van der Waals surface area contributed by atoms with Gasteiger partial charge in [-0.05, 0) is 42.6 Å². The zero-order valence-corrected chi connectivity index (χ0v) is 17.8. The molecule has 0 bridgehead atoms. The zero-order chi connectivity index (χ0) is 21.8. The predicted octanol–water partition coefficient (Wildman–Crippen LogP) is 3.60. The maximum Gasteiger partial charge on any atom is 0.312 e. The van der Waals surface area contributed by atoms with Crippen LogP contribution >= 0.6 is 11.3 Å². The molecule has 7 nitrogen and oxygen atoms in total. The van der Waals surface area contributed by atoms with Gasteiger partial charge in [-0.1, -0.05) is 23.8 Å². The van der Waals surface area contributed by atoms with Gasteiger partial charge in [0.15, 0.2) is 6.61 Å². The molecule has 31 heavy (non-hydrogen) atoms. The molecule has 2 aromatic heterocycles. The van der Waals surface area contributed by atoms with Gasteiger partial charge in [0, 0.05) is 17.0 Å². The third-order valence-corrected chi connectivity index (χ3v) is 6.10. The second kappa shape index (κ2) is 9.18. The summed E-state index contributed by atoms with van der Waals surface area (Å²) in [6.45, 7) is 1.78. The SMILES string of the molecule is Cc1ccc(N2C(=O)C[C@H](C(=O)OCC(=O)NCc3ccco3)[C@@H]2c2cccs2)cc1. The first-order chi connectivity index (χ1) is 15.0. The molecule has 160 valence electrons. The molecule has 0 unspecified atom stereocenters. The van der Waals surface area contributed by atoms with Crippen molar-refractivity contribution in [2.24, 2.45) is 5.92 Å². The van der Waals surface area contributed by atoms with E-state index in [0.717, 1.165) is 16.1 Å². The second-order valence-electron chi connectivity index (χ2n) is 7.33. The van der Waals surface area contributed by atoms with Crippen molar-refractivity contribution in [3.8, 4) is 0 Å². The Kier molecular flexibility index (Phi) is 6.18. The van der Waals surface area contributed by atoms with E-state index in [4.69, 9.17) is 9.15 Å². The first kappa shape index (κ1) is 20.9. The van der Waals surface area contributed by atoms with Gasteiger partial charge in [-0.15, -0.1) is 11.3 Å². The van der Waals surface area contributed by atoms with Crippen LogP contribution in [0.15, 0.2) is 64.6 Å². The largest absolute Gasteiger partial charge is 0.467 e. The summed E-state index contributed by atoms with van der Waals surface area (Å²) in [5, 5.41) is 4.55. The number of carbonyl (C=O) groups excluding carboxylic acids is 3. The Bertz CT molecular complexity index is 1040. The summed E-state index contributed by atoms with van der Waals surface area (Å²) >= 11 is 1.48. The average molecular weight is 439 g/mol. The molecular weight excluding hydrogens is 416 g/mol. The molecule has 3 heterocycles. The highest BCUT2D eigenvalue weighted by Gasteiger charge is 2.46. The molecule has 0 radical (unpaired) electrons. The van der Waals surface area contributed by atoms with Gasteiger partial charge in [-0.2, -0.15) is 0 Å². The molecule has 8 heteroatoms. The number of nitrogens with zero attached hydrogens (tertiary/aromatic N) is 1. The Morgan fingerprint density at radius 3 is 2.68 bits per heavy atom. The molecule has 2 atom stereocenters. The number of esters is 1. The van der Waals surface area contributed by atoms with Crippen molar-refractivity contribution in [1.29, 1.82) is 0 Å². The van der Waals surface area contributed by atoms with Crippen molar-refractivity contribution >= 4 is 34.8 Å². The molecular formula is C23H22N2O5S. The Morgan fingerprint density at radius 1 is 1.19 bits per heavy atom. The minimum atomic E-state index is -0.690. The molecule has 1 fully saturated rings. The highest BCUT2D eigenvalue weighted by Crippen LogP contribution is 2.43. The Balaban J connectivity index is 1.46. The van der Waals surface area contributed by atoms with Crippen molar-refractivity contribution in [1.82, 2.24) is 5.32 Å². The lowest BCUT2D eigenvalue weighted by molar-refractivity contribution is -0.153. The van der Waals surface area contributed by atoms with Crippen molar-refractivity contribution in [2.45, 2.75) is 25.9 Å². The minimum absolute atomic E-state index is 0.0310.